The van der Waals surface area contributed by atoms with Crippen molar-refractivity contribution in [2.75, 3.05) is 6.54 Å². The molecule has 2 saturated carbocycles. The molecular weight excluding hydrogens is 336 g/mol. The number of aliphatic imine (C=N–C) groups is 1. The highest BCUT2D eigenvalue weighted by atomic mass is 15.3. The molecular formula is C21H36N6. The van der Waals surface area contributed by atoms with Gasteiger partial charge in [0.15, 0.2) is 11.8 Å². The van der Waals surface area contributed by atoms with E-state index in [9.17, 15) is 0 Å². The van der Waals surface area contributed by atoms with Crippen LogP contribution in [0.3, 0.4) is 0 Å². The Kier molecular flexibility index (Phi) is 6.30. The summed E-state index contributed by atoms with van der Waals surface area (Å²) in [6.07, 6.45) is 14.6. The third kappa shape index (κ3) is 4.64. The van der Waals surface area contributed by atoms with E-state index in [0.717, 1.165) is 49.0 Å². The van der Waals surface area contributed by atoms with E-state index in [-0.39, 0.29) is 0 Å². The number of hydrogen-bond acceptors (Lipinski definition) is 3. The Morgan fingerprint density at radius 2 is 1.93 bits per heavy atom. The maximum absolute atomic E-state index is 4.86. The fraction of sp³-hybridized carbons (Fsp3) is 0.857. The van der Waals surface area contributed by atoms with Gasteiger partial charge in [-0.25, -0.2) is 4.99 Å². The van der Waals surface area contributed by atoms with Crippen molar-refractivity contribution in [3.05, 3.63) is 11.6 Å². The van der Waals surface area contributed by atoms with E-state index in [2.05, 4.69) is 32.3 Å². The Labute approximate surface area is 163 Å². The molecule has 1 aromatic heterocycles. The number of nitrogens with zero attached hydrogens (tertiary/aromatic N) is 4. The zero-order valence-electron chi connectivity index (χ0n) is 16.9. The molecule has 4 rings (SSSR count). The molecule has 1 aliphatic heterocycles. The Balaban J connectivity index is 1.38. The van der Waals surface area contributed by atoms with E-state index in [1.165, 1.54) is 64.2 Å². The predicted octanol–water partition coefficient (Wildman–Crippen LogP) is 3.42. The van der Waals surface area contributed by atoms with Crippen LogP contribution in [0.15, 0.2) is 4.99 Å². The minimum absolute atomic E-state index is 0.567. The van der Waals surface area contributed by atoms with E-state index in [1.807, 2.05) is 0 Å². The number of rotatable bonds is 4. The number of guanidine groups is 1. The molecule has 0 bridgehead atoms. The first-order valence-electron chi connectivity index (χ1n) is 11.3. The first-order chi connectivity index (χ1) is 13.3. The summed E-state index contributed by atoms with van der Waals surface area (Å²) >= 11 is 0. The second-order valence-corrected chi connectivity index (χ2v) is 8.65. The van der Waals surface area contributed by atoms with Gasteiger partial charge in [-0.2, -0.15) is 0 Å². The van der Waals surface area contributed by atoms with E-state index in [1.54, 1.807) is 0 Å². The number of aromatic nitrogens is 3. The number of nitrogens with one attached hydrogen (secondary N) is 2. The molecule has 2 N–H and O–H groups in total. The summed E-state index contributed by atoms with van der Waals surface area (Å²) in [4.78, 5) is 4.86. The minimum Gasteiger partial charge on any atom is -0.357 e. The average Bonchev–Trinajstić information content (AvgIpc) is 2.92. The van der Waals surface area contributed by atoms with Crippen molar-refractivity contribution in [2.45, 2.75) is 96.7 Å². The topological polar surface area (TPSA) is 67.1 Å². The third-order valence-corrected chi connectivity index (χ3v) is 6.79. The van der Waals surface area contributed by atoms with Gasteiger partial charge in [-0.15, -0.1) is 10.2 Å². The van der Waals surface area contributed by atoms with Gasteiger partial charge >= 0.3 is 0 Å². The maximum atomic E-state index is 4.86. The van der Waals surface area contributed by atoms with Gasteiger partial charge in [0, 0.05) is 25.6 Å². The fourth-order valence-corrected chi connectivity index (χ4v) is 5.33. The largest absolute Gasteiger partial charge is 0.357 e. The van der Waals surface area contributed by atoms with Gasteiger partial charge in [0.1, 0.15) is 12.4 Å². The lowest BCUT2D eigenvalue weighted by Crippen LogP contribution is -2.47. The summed E-state index contributed by atoms with van der Waals surface area (Å²) in [5.41, 5.74) is 0. The molecule has 0 radical (unpaired) electrons. The van der Waals surface area contributed by atoms with Gasteiger partial charge in [-0.1, -0.05) is 32.1 Å². The van der Waals surface area contributed by atoms with Crippen LogP contribution >= 0.6 is 0 Å². The van der Waals surface area contributed by atoms with Crippen LogP contribution in [-0.2, 0) is 19.5 Å². The van der Waals surface area contributed by atoms with Crippen LogP contribution in [0.2, 0.25) is 0 Å². The SMILES string of the molecule is CCNC(=NCc1nnc2n1CCCCC2)NC1CCC2CCCCC2C1. The smallest absolute Gasteiger partial charge is 0.191 e. The Morgan fingerprint density at radius 3 is 2.81 bits per heavy atom. The second-order valence-electron chi connectivity index (χ2n) is 8.65. The molecule has 0 spiro atoms. The first-order valence-corrected chi connectivity index (χ1v) is 11.3. The molecule has 0 saturated heterocycles. The van der Waals surface area contributed by atoms with Crippen molar-refractivity contribution in [1.29, 1.82) is 0 Å². The highest BCUT2D eigenvalue weighted by Crippen LogP contribution is 2.40. The lowest BCUT2D eigenvalue weighted by Gasteiger charge is -2.39. The summed E-state index contributed by atoms with van der Waals surface area (Å²) in [5, 5.41) is 16.0. The first kappa shape index (κ1) is 18.8. The Hall–Kier alpha value is -1.59. The number of aryl methyl sites for hydroxylation is 1. The van der Waals surface area contributed by atoms with Crippen LogP contribution in [0, 0.1) is 11.8 Å². The second kappa shape index (κ2) is 9.07. The molecule has 6 heteroatoms. The lowest BCUT2D eigenvalue weighted by atomic mass is 9.69. The maximum Gasteiger partial charge on any atom is 0.191 e. The normalized spacial score (nSPS) is 28.8. The zero-order valence-corrected chi connectivity index (χ0v) is 16.9. The number of hydrogen-bond donors (Lipinski definition) is 2. The van der Waals surface area contributed by atoms with Gasteiger partial charge < -0.3 is 15.2 Å². The fourth-order valence-electron chi connectivity index (χ4n) is 5.33. The number of fused-ring (bicyclic) bond motifs is 2. The van der Waals surface area contributed by atoms with Crippen LogP contribution in [0.4, 0.5) is 0 Å². The summed E-state index contributed by atoms with van der Waals surface area (Å²) in [6, 6.07) is 0.567. The molecule has 150 valence electrons. The highest BCUT2D eigenvalue weighted by molar-refractivity contribution is 5.80. The van der Waals surface area contributed by atoms with E-state index in [4.69, 9.17) is 4.99 Å². The molecule has 1 aromatic rings. The predicted molar refractivity (Wildman–Crippen MR) is 109 cm³/mol. The van der Waals surface area contributed by atoms with Crippen LogP contribution < -0.4 is 10.6 Å². The highest BCUT2D eigenvalue weighted by Gasteiger charge is 2.32. The van der Waals surface area contributed by atoms with Crippen LogP contribution in [0.1, 0.15) is 82.8 Å². The summed E-state index contributed by atoms with van der Waals surface area (Å²) in [5.74, 6) is 5.03. The lowest BCUT2D eigenvalue weighted by molar-refractivity contribution is 0.150. The van der Waals surface area contributed by atoms with Crippen molar-refractivity contribution in [3.63, 3.8) is 0 Å². The minimum atomic E-state index is 0.567. The van der Waals surface area contributed by atoms with Gasteiger partial charge in [0.05, 0.1) is 0 Å². The van der Waals surface area contributed by atoms with Crippen LogP contribution in [-0.4, -0.2) is 33.3 Å². The molecule has 0 amide bonds. The average molecular weight is 373 g/mol. The Morgan fingerprint density at radius 1 is 1.04 bits per heavy atom. The van der Waals surface area contributed by atoms with Gasteiger partial charge in [-0.05, 0) is 50.9 Å². The van der Waals surface area contributed by atoms with Crippen molar-refractivity contribution in [2.24, 2.45) is 16.8 Å². The quantitative estimate of drug-likeness (QED) is 0.628. The van der Waals surface area contributed by atoms with E-state index >= 15 is 0 Å². The monoisotopic (exact) mass is 372 g/mol. The zero-order chi connectivity index (χ0) is 18.5. The summed E-state index contributed by atoms with van der Waals surface area (Å²) in [7, 11) is 0. The van der Waals surface area contributed by atoms with E-state index < -0.39 is 0 Å². The van der Waals surface area contributed by atoms with Gasteiger partial charge in [0.2, 0.25) is 0 Å². The third-order valence-electron chi connectivity index (χ3n) is 6.79. The van der Waals surface area contributed by atoms with Crippen molar-refractivity contribution in [3.8, 4) is 0 Å². The summed E-state index contributed by atoms with van der Waals surface area (Å²) in [6.45, 7) is 4.69. The molecule has 3 unspecified atom stereocenters. The molecule has 2 heterocycles. The van der Waals surface area contributed by atoms with Crippen molar-refractivity contribution < 1.29 is 0 Å². The van der Waals surface area contributed by atoms with E-state index in [0.29, 0.717) is 12.6 Å². The van der Waals surface area contributed by atoms with Gasteiger partial charge in [0.25, 0.3) is 0 Å². The standard InChI is InChI=1S/C21H36N6/c1-2-22-21(24-18-12-11-16-8-5-6-9-17(16)14-18)23-15-20-26-25-19-10-4-3-7-13-27(19)20/h16-18H,2-15H2,1H3,(H2,22,23,24). The van der Waals surface area contributed by atoms with Crippen molar-refractivity contribution in [1.82, 2.24) is 25.4 Å². The van der Waals surface area contributed by atoms with Crippen LogP contribution in [0.25, 0.3) is 0 Å². The molecule has 2 aliphatic carbocycles. The van der Waals surface area contributed by atoms with Gasteiger partial charge in [-0.3, -0.25) is 0 Å². The molecule has 3 atom stereocenters. The summed E-state index contributed by atoms with van der Waals surface area (Å²) < 4.78 is 2.30. The van der Waals surface area contributed by atoms with Crippen molar-refractivity contribution >= 4 is 5.96 Å². The molecule has 6 nitrogen and oxygen atoms in total. The Bertz CT molecular complexity index is 637. The molecule has 27 heavy (non-hydrogen) atoms. The molecule has 0 aromatic carbocycles. The molecule has 2 fully saturated rings. The van der Waals surface area contributed by atoms with Crippen LogP contribution in [0.5, 0.6) is 0 Å². The molecule has 3 aliphatic rings.